The highest BCUT2D eigenvalue weighted by Gasteiger charge is 2.51. The Labute approximate surface area is 532 Å². The van der Waals surface area contributed by atoms with Gasteiger partial charge in [-0.05, 0) is 44.9 Å². The second-order valence-electron chi connectivity index (χ2n) is 26.4. The number of hydrogen-bond acceptors (Lipinski definition) is 13. The van der Waals surface area contributed by atoms with Crippen molar-refractivity contribution in [3.05, 3.63) is 24.3 Å². The van der Waals surface area contributed by atoms with Crippen LogP contribution in [0, 0.1) is 0 Å². The van der Waals surface area contributed by atoms with Gasteiger partial charge in [-0.3, -0.25) is 4.79 Å². The molecule has 1 amide bonds. The van der Waals surface area contributed by atoms with Crippen LogP contribution in [0.25, 0.3) is 0 Å². The molecular weight excluding hydrogens is 1100 g/mol. The Morgan fingerprint density at radius 1 is 0.402 bits per heavy atom. The number of nitrogens with one attached hydrogen (secondary N) is 1. The van der Waals surface area contributed by atoms with E-state index in [1.54, 1.807) is 6.08 Å². The maximum atomic E-state index is 13.3. The topological polar surface area (TPSA) is 228 Å². The number of carbonyl (C=O) groups excluding carboxylic acids is 1. The number of hydrogen-bond donors (Lipinski definition) is 9. The van der Waals surface area contributed by atoms with E-state index in [0.29, 0.717) is 6.42 Å². The van der Waals surface area contributed by atoms with Gasteiger partial charge in [0.05, 0.1) is 32.0 Å². The van der Waals surface area contributed by atoms with Gasteiger partial charge in [0.1, 0.15) is 48.8 Å². The molecule has 87 heavy (non-hydrogen) atoms. The fraction of sp³-hybridized carbons (Fsp3) is 0.932. The smallest absolute Gasteiger partial charge is 0.220 e. The van der Waals surface area contributed by atoms with Gasteiger partial charge in [0, 0.05) is 6.42 Å². The van der Waals surface area contributed by atoms with Crippen molar-refractivity contribution in [1.29, 1.82) is 0 Å². The molecule has 2 heterocycles. The summed E-state index contributed by atoms with van der Waals surface area (Å²) in [6, 6.07) is -0.914. The van der Waals surface area contributed by atoms with Crippen LogP contribution in [0.2, 0.25) is 0 Å². The number of allylic oxidation sites excluding steroid dienone is 3. The maximum Gasteiger partial charge on any atom is 0.220 e. The first-order chi connectivity index (χ1) is 42.6. The average molecular weight is 1240 g/mol. The van der Waals surface area contributed by atoms with Gasteiger partial charge in [0.25, 0.3) is 0 Å². The second kappa shape index (κ2) is 58.3. The Bertz CT molecular complexity index is 1550. The van der Waals surface area contributed by atoms with Crippen molar-refractivity contribution in [1.82, 2.24) is 5.32 Å². The Balaban J connectivity index is 1.66. The molecule has 2 aliphatic rings. The summed E-state index contributed by atoms with van der Waals surface area (Å²) in [7, 11) is 0. The fourth-order valence-electron chi connectivity index (χ4n) is 12.5. The average Bonchev–Trinajstić information content (AvgIpc) is 2.50. The molecule has 12 atom stereocenters. The van der Waals surface area contributed by atoms with Gasteiger partial charge in [0.2, 0.25) is 5.91 Å². The number of amides is 1. The first-order valence-corrected chi connectivity index (χ1v) is 37.1. The zero-order valence-electron chi connectivity index (χ0n) is 56.0. The Hall–Kier alpha value is -1.53. The van der Waals surface area contributed by atoms with Crippen LogP contribution >= 0.6 is 0 Å². The van der Waals surface area contributed by atoms with Crippen LogP contribution in [0.15, 0.2) is 24.3 Å². The number of rotatable bonds is 62. The molecule has 0 aromatic carbocycles. The number of unbranched alkanes of at least 4 members (excludes halogenated alkanes) is 47. The monoisotopic (exact) mass is 1240 g/mol. The van der Waals surface area contributed by atoms with Crippen molar-refractivity contribution >= 4 is 5.91 Å². The van der Waals surface area contributed by atoms with Crippen LogP contribution in [-0.4, -0.2) is 140 Å². The van der Waals surface area contributed by atoms with E-state index in [0.717, 1.165) is 38.5 Å². The minimum absolute atomic E-state index is 0.233. The van der Waals surface area contributed by atoms with Crippen molar-refractivity contribution in [3.8, 4) is 0 Å². The third kappa shape index (κ3) is 42.4. The van der Waals surface area contributed by atoms with E-state index < -0.39 is 86.8 Å². The molecule has 0 aliphatic carbocycles. The number of aliphatic hydroxyl groups is 8. The van der Waals surface area contributed by atoms with Crippen molar-refractivity contribution in [3.63, 3.8) is 0 Å². The zero-order valence-corrected chi connectivity index (χ0v) is 56.0. The molecule has 0 spiro atoms. The van der Waals surface area contributed by atoms with Gasteiger partial charge in [-0.2, -0.15) is 0 Å². The first-order valence-electron chi connectivity index (χ1n) is 37.1. The largest absolute Gasteiger partial charge is 0.394 e. The van der Waals surface area contributed by atoms with Gasteiger partial charge in [-0.25, -0.2) is 0 Å². The fourth-order valence-corrected chi connectivity index (χ4v) is 12.5. The molecular formula is C73H139NO13. The normalized spacial score (nSPS) is 23.3. The SMILES string of the molecule is CCCCCCCCCC/C=C\CCCCCCCCCCCCCCCC(=O)NC(COC1OC(CO)C(OC2OC(CO)C(O)C(O)C2O)C(O)C1O)C(O)/C=C/CCCCCCCCCCCCCCCCCCCCCCCCCCCC. The summed E-state index contributed by atoms with van der Waals surface area (Å²) in [5.74, 6) is -0.233. The molecule has 0 saturated carbocycles. The highest BCUT2D eigenvalue weighted by molar-refractivity contribution is 5.76. The molecule has 0 radical (unpaired) electrons. The van der Waals surface area contributed by atoms with Crippen LogP contribution in [0.1, 0.15) is 341 Å². The Kier molecular flexibility index (Phi) is 54.7. The highest BCUT2D eigenvalue weighted by atomic mass is 16.7. The highest BCUT2D eigenvalue weighted by Crippen LogP contribution is 2.30. The van der Waals surface area contributed by atoms with Crippen molar-refractivity contribution in [2.24, 2.45) is 0 Å². The molecule has 14 nitrogen and oxygen atoms in total. The van der Waals surface area contributed by atoms with Crippen LogP contribution in [0.5, 0.6) is 0 Å². The van der Waals surface area contributed by atoms with Gasteiger partial charge in [0.15, 0.2) is 12.6 Å². The van der Waals surface area contributed by atoms with Crippen LogP contribution in [0.3, 0.4) is 0 Å². The van der Waals surface area contributed by atoms with Crippen molar-refractivity contribution in [2.45, 2.75) is 415 Å². The van der Waals surface area contributed by atoms with E-state index in [4.69, 9.17) is 18.9 Å². The van der Waals surface area contributed by atoms with Crippen LogP contribution < -0.4 is 5.32 Å². The van der Waals surface area contributed by atoms with Gasteiger partial charge >= 0.3 is 0 Å². The standard InChI is InChI=1S/C73H139NO13/c1-3-5-7-9-11-13-15-17-19-21-23-25-27-29-30-31-33-34-36-38-40-42-44-46-48-50-52-54-56-62(77)61(60-84-72-70(83)68(81)71(64(59-76)86-72)87-73-69(82)67(80)66(79)63(58-75)85-73)74-65(78)57-55-53-51-49-47-45-43-41-39-37-35-32-28-26-24-22-20-18-16-14-12-10-8-6-4-2/h22,24,54,56,61-64,66-73,75-77,79-83H,3-21,23,25-53,55,57-60H2,1-2H3,(H,74,78)/b24-22-,56-54+. The van der Waals surface area contributed by atoms with E-state index >= 15 is 0 Å². The lowest BCUT2D eigenvalue weighted by Gasteiger charge is -2.46. The summed E-state index contributed by atoms with van der Waals surface area (Å²) in [6.45, 7) is 2.86. The third-order valence-corrected chi connectivity index (χ3v) is 18.4. The lowest BCUT2D eigenvalue weighted by atomic mass is 9.97. The molecule has 2 rings (SSSR count). The third-order valence-electron chi connectivity index (χ3n) is 18.4. The van der Waals surface area contributed by atoms with Crippen molar-refractivity contribution in [2.75, 3.05) is 19.8 Å². The summed E-state index contributed by atoms with van der Waals surface area (Å²) < 4.78 is 22.9. The Morgan fingerprint density at radius 2 is 0.724 bits per heavy atom. The summed E-state index contributed by atoms with van der Waals surface area (Å²) in [5, 5.41) is 87.5. The molecule has 12 unspecified atom stereocenters. The molecule has 2 fully saturated rings. The van der Waals surface area contributed by atoms with E-state index in [1.165, 1.54) is 276 Å². The van der Waals surface area contributed by atoms with Crippen LogP contribution in [-0.2, 0) is 23.7 Å². The Morgan fingerprint density at radius 3 is 1.09 bits per heavy atom. The molecule has 2 saturated heterocycles. The number of ether oxygens (including phenoxy) is 4. The summed E-state index contributed by atoms with van der Waals surface area (Å²) in [5.41, 5.74) is 0. The lowest BCUT2D eigenvalue weighted by molar-refractivity contribution is -0.359. The van der Waals surface area contributed by atoms with Gasteiger partial charge < -0.3 is 65.1 Å². The quantitative estimate of drug-likeness (QED) is 0.0204. The maximum absolute atomic E-state index is 13.3. The summed E-state index contributed by atoms with van der Waals surface area (Å²) >= 11 is 0. The van der Waals surface area contributed by atoms with Crippen molar-refractivity contribution < 1.29 is 64.6 Å². The summed E-state index contributed by atoms with van der Waals surface area (Å²) in [6.07, 6.45) is 56.7. The molecule has 14 heteroatoms. The number of carbonyl (C=O) groups is 1. The minimum Gasteiger partial charge on any atom is -0.394 e. The molecule has 0 bridgehead atoms. The van der Waals surface area contributed by atoms with E-state index in [1.807, 2.05) is 6.08 Å². The number of aliphatic hydroxyl groups excluding tert-OH is 8. The van der Waals surface area contributed by atoms with E-state index in [2.05, 4.69) is 31.3 Å². The molecule has 2 aliphatic heterocycles. The van der Waals surface area contributed by atoms with Gasteiger partial charge in [-0.15, -0.1) is 0 Å². The predicted octanol–water partition coefficient (Wildman–Crippen LogP) is 15.5. The van der Waals surface area contributed by atoms with Crippen LogP contribution in [0.4, 0.5) is 0 Å². The molecule has 514 valence electrons. The minimum atomic E-state index is -1.79. The predicted molar refractivity (Wildman–Crippen MR) is 355 cm³/mol. The first kappa shape index (κ1) is 81.6. The van der Waals surface area contributed by atoms with E-state index in [9.17, 15) is 45.6 Å². The molecule has 0 aromatic heterocycles. The molecule has 9 N–H and O–H groups in total. The lowest BCUT2D eigenvalue weighted by Crippen LogP contribution is -2.65. The van der Waals surface area contributed by atoms with E-state index in [-0.39, 0.29) is 18.9 Å². The summed E-state index contributed by atoms with van der Waals surface area (Å²) in [4.78, 5) is 13.3. The van der Waals surface area contributed by atoms with Gasteiger partial charge in [-0.1, -0.05) is 314 Å². The molecule has 0 aromatic rings. The second-order valence-corrected chi connectivity index (χ2v) is 26.4. The zero-order chi connectivity index (χ0) is 63.1.